The molecule has 0 aromatic carbocycles. The van der Waals surface area contributed by atoms with E-state index in [1.807, 2.05) is 0 Å². The van der Waals surface area contributed by atoms with Gasteiger partial charge in [0.15, 0.2) is 0 Å². The molecule has 1 heterocycles. The third-order valence-corrected chi connectivity index (χ3v) is 3.85. The minimum absolute atomic E-state index is 0.462. The van der Waals surface area contributed by atoms with Crippen LogP contribution in [0.2, 0.25) is 0 Å². The number of rotatable bonds is 5. The zero-order chi connectivity index (χ0) is 12.3. The second-order valence-corrected chi connectivity index (χ2v) is 6.69. The first-order valence-electron chi connectivity index (χ1n) is 6.80. The van der Waals surface area contributed by atoms with Gasteiger partial charge in [-0.25, -0.2) is 0 Å². The molecular formula is C14H30N2. The minimum Gasteiger partial charge on any atom is -0.312 e. The number of hydrogen-bond acceptors (Lipinski definition) is 2. The molecule has 0 aromatic heterocycles. The SMILES string of the molecule is CC(C)CN(CC1NCCC1(C)C)C(C)C. The summed E-state index contributed by atoms with van der Waals surface area (Å²) < 4.78 is 0. The Hall–Kier alpha value is -0.0800. The van der Waals surface area contributed by atoms with Crippen LogP contribution in [0.15, 0.2) is 0 Å². The molecule has 0 spiro atoms. The fourth-order valence-corrected chi connectivity index (χ4v) is 2.53. The van der Waals surface area contributed by atoms with E-state index in [2.05, 4.69) is 51.8 Å². The van der Waals surface area contributed by atoms with E-state index < -0.39 is 0 Å². The number of hydrogen-bond donors (Lipinski definition) is 1. The average Bonchev–Trinajstić information content (AvgIpc) is 2.43. The Kier molecular flexibility index (Phi) is 4.81. The second kappa shape index (κ2) is 5.50. The Morgan fingerprint density at radius 2 is 1.88 bits per heavy atom. The molecule has 16 heavy (non-hydrogen) atoms. The van der Waals surface area contributed by atoms with Crippen molar-refractivity contribution in [2.75, 3.05) is 19.6 Å². The van der Waals surface area contributed by atoms with Gasteiger partial charge in [0.2, 0.25) is 0 Å². The van der Waals surface area contributed by atoms with Crippen LogP contribution in [-0.4, -0.2) is 36.6 Å². The molecule has 2 nitrogen and oxygen atoms in total. The Morgan fingerprint density at radius 3 is 2.25 bits per heavy atom. The molecule has 1 N–H and O–H groups in total. The van der Waals surface area contributed by atoms with Crippen LogP contribution in [0.1, 0.15) is 48.0 Å². The Bertz CT molecular complexity index is 209. The average molecular weight is 226 g/mol. The molecule has 0 aromatic rings. The van der Waals surface area contributed by atoms with Gasteiger partial charge in [0.05, 0.1) is 0 Å². The monoisotopic (exact) mass is 226 g/mol. The van der Waals surface area contributed by atoms with Crippen molar-refractivity contribution in [3.8, 4) is 0 Å². The summed E-state index contributed by atoms with van der Waals surface area (Å²) in [5.74, 6) is 0.756. The maximum Gasteiger partial charge on any atom is 0.0246 e. The van der Waals surface area contributed by atoms with E-state index in [-0.39, 0.29) is 0 Å². The van der Waals surface area contributed by atoms with Crippen LogP contribution in [0.4, 0.5) is 0 Å². The number of nitrogens with zero attached hydrogens (tertiary/aromatic N) is 1. The normalized spacial score (nSPS) is 24.9. The molecule has 1 rings (SSSR count). The first kappa shape index (κ1) is 14.0. The predicted octanol–water partition coefficient (Wildman–Crippen LogP) is 2.74. The quantitative estimate of drug-likeness (QED) is 0.775. The van der Waals surface area contributed by atoms with Crippen LogP contribution in [0, 0.1) is 11.3 Å². The lowest BCUT2D eigenvalue weighted by molar-refractivity contribution is 0.149. The standard InChI is InChI=1S/C14H30N2/c1-11(2)9-16(12(3)4)10-13-14(5,6)7-8-15-13/h11-13,15H,7-10H2,1-6H3. The van der Waals surface area contributed by atoms with Gasteiger partial charge >= 0.3 is 0 Å². The molecule has 1 unspecified atom stereocenters. The van der Waals surface area contributed by atoms with Crippen LogP contribution in [0.3, 0.4) is 0 Å². The number of nitrogens with one attached hydrogen (secondary N) is 1. The maximum absolute atomic E-state index is 3.66. The molecule has 1 atom stereocenters. The van der Waals surface area contributed by atoms with Gasteiger partial charge in [-0.1, -0.05) is 27.7 Å². The van der Waals surface area contributed by atoms with Crippen LogP contribution < -0.4 is 5.32 Å². The van der Waals surface area contributed by atoms with Gasteiger partial charge in [-0.2, -0.15) is 0 Å². The smallest absolute Gasteiger partial charge is 0.0246 e. The summed E-state index contributed by atoms with van der Waals surface area (Å²) in [6.07, 6.45) is 1.31. The van der Waals surface area contributed by atoms with Crippen LogP contribution in [0.5, 0.6) is 0 Å². The summed E-state index contributed by atoms with van der Waals surface area (Å²) in [6.45, 7) is 17.6. The van der Waals surface area contributed by atoms with E-state index in [9.17, 15) is 0 Å². The van der Waals surface area contributed by atoms with E-state index in [4.69, 9.17) is 0 Å². The predicted molar refractivity (Wildman–Crippen MR) is 71.7 cm³/mol. The maximum atomic E-state index is 3.66. The summed E-state index contributed by atoms with van der Waals surface area (Å²) in [5.41, 5.74) is 0.462. The summed E-state index contributed by atoms with van der Waals surface area (Å²) in [6, 6.07) is 1.31. The highest BCUT2D eigenvalue weighted by Crippen LogP contribution is 2.30. The lowest BCUT2D eigenvalue weighted by atomic mass is 9.84. The summed E-state index contributed by atoms with van der Waals surface area (Å²) in [7, 11) is 0. The third kappa shape index (κ3) is 3.74. The van der Waals surface area contributed by atoms with E-state index in [1.165, 1.54) is 26.1 Å². The zero-order valence-electron chi connectivity index (χ0n) is 12.0. The van der Waals surface area contributed by atoms with E-state index in [0.717, 1.165) is 5.92 Å². The highest BCUT2D eigenvalue weighted by Gasteiger charge is 2.35. The van der Waals surface area contributed by atoms with Crippen molar-refractivity contribution in [3.05, 3.63) is 0 Å². The summed E-state index contributed by atoms with van der Waals surface area (Å²) >= 11 is 0. The first-order chi connectivity index (χ1) is 7.33. The van der Waals surface area contributed by atoms with Crippen molar-refractivity contribution in [1.29, 1.82) is 0 Å². The van der Waals surface area contributed by atoms with Gasteiger partial charge < -0.3 is 5.32 Å². The van der Waals surface area contributed by atoms with Gasteiger partial charge in [-0.15, -0.1) is 0 Å². The molecule has 0 amide bonds. The van der Waals surface area contributed by atoms with Crippen molar-refractivity contribution in [1.82, 2.24) is 10.2 Å². The Morgan fingerprint density at radius 1 is 1.25 bits per heavy atom. The molecule has 96 valence electrons. The minimum atomic E-state index is 0.462. The van der Waals surface area contributed by atoms with Gasteiger partial charge in [-0.3, -0.25) is 4.90 Å². The molecular weight excluding hydrogens is 196 g/mol. The lowest BCUT2D eigenvalue weighted by Crippen LogP contribution is -2.47. The van der Waals surface area contributed by atoms with Gasteiger partial charge in [0.1, 0.15) is 0 Å². The van der Waals surface area contributed by atoms with Crippen LogP contribution in [0.25, 0.3) is 0 Å². The van der Waals surface area contributed by atoms with Gasteiger partial charge in [0.25, 0.3) is 0 Å². The molecule has 1 saturated heterocycles. The molecule has 0 radical (unpaired) electrons. The molecule has 1 aliphatic rings. The fraction of sp³-hybridized carbons (Fsp3) is 1.00. The second-order valence-electron chi connectivity index (χ2n) is 6.69. The van der Waals surface area contributed by atoms with Crippen LogP contribution in [-0.2, 0) is 0 Å². The largest absolute Gasteiger partial charge is 0.312 e. The molecule has 0 bridgehead atoms. The highest BCUT2D eigenvalue weighted by molar-refractivity contribution is 4.93. The molecule has 2 heteroatoms. The third-order valence-electron chi connectivity index (χ3n) is 3.85. The van der Waals surface area contributed by atoms with Crippen molar-refractivity contribution in [3.63, 3.8) is 0 Å². The van der Waals surface area contributed by atoms with Crippen molar-refractivity contribution < 1.29 is 0 Å². The lowest BCUT2D eigenvalue weighted by Gasteiger charge is -2.35. The molecule has 1 fully saturated rings. The Labute approximate surface area is 102 Å². The molecule has 1 aliphatic heterocycles. The first-order valence-corrected chi connectivity index (χ1v) is 6.80. The topological polar surface area (TPSA) is 15.3 Å². The van der Waals surface area contributed by atoms with Crippen molar-refractivity contribution in [2.24, 2.45) is 11.3 Å². The fourth-order valence-electron chi connectivity index (χ4n) is 2.53. The van der Waals surface area contributed by atoms with E-state index >= 15 is 0 Å². The molecule has 0 aliphatic carbocycles. The van der Waals surface area contributed by atoms with Gasteiger partial charge in [-0.05, 0) is 38.1 Å². The highest BCUT2D eigenvalue weighted by atomic mass is 15.2. The van der Waals surface area contributed by atoms with Crippen LogP contribution >= 0.6 is 0 Å². The van der Waals surface area contributed by atoms with Crippen molar-refractivity contribution >= 4 is 0 Å². The van der Waals surface area contributed by atoms with Crippen molar-refractivity contribution in [2.45, 2.75) is 60.0 Å². The van der Waals surface area contributed by atoms with Gasteiger partial charge in [0, 0.05) is 25.2 Å². The van der Waals surface area contributed by atoms with E-state index in [1.54, 1.807) is 0 Å². The summed E-state index contributed by atoms with van der Waals surface area (Å²) in [5, 5.41) is 3.66. The zero-order valence-corrected chi connectivity index (χ0v) is 12.0. The van der Waals surface area contributed by atoms with E-state index in [0.29, 0.717) is 17.5 Å². The molecule has 0 saturated carbocycles. The summed E-state index contributed by atoms with van der Waals surface area (Å²) in [4.78, 5) is 2.62. The Balaban J connectivity index is 2.54.